The van der Waals surface area contributed by atoms with Crippen LogP contribution in [0.15, 0.2) is 54.6 Å². The Balaban J connectivity index is 1.96. The summed E-state index contributed by atoms with van der Waals surface area (Å²) in [6.07, 6.45) is 6.12. The molecule has 28 heavy (non-hydrogen) atoms. The number of amides is 2. The van der Waals surface area contributed by atoms with E-state index in [9.17, 15) is 9.59 Å². The number of terminal acetylenes is 1. The van der Waals surface area contributed by atoms with Crippen molar-refractivity contribution < 1.29 is 14.3 Å². The quantitative estimate of drug-likeness (QED) is 0.790. The Labute approximate surface area is 169 Å². The Bertz CT molecular complexity index is 886. The molecule has 1 saturated heterocycles. The van der Waals surface area contributed by atoms with E-state index in [2.05, 4.69) is 11.2 Å². The minimum atomic E-state index is -1.14. The second kappa shape index (κ2) is 8.92. The van der Waals surface area contributed by atoms with Crippen LogP contribution in [-0.2, 0) is 20.9 Å². The van der Waals surface area contributed by atoms with Crippen molar-refractivity contribution >= 4 is 29.1 Å². The highest BCUT2D eigenvalue weighted by molar-refractivity contribution is 6.31. The van der Waals surface area contributed by atoms with E-state index >= 15 is 0 Å². The van der Waals surface area contributed by atoms with Gasteiger partial charge in [-0.25, -0.2) is 0 Å². The smallest absolute Gasteiger partial charge is 0.303 e. The van der Waals surface area contributed by atoms with Gasteiger partial charge in [0, 0.05) is 43.3 Å². The molecule has 2 aromatic carbocycles. The number of anilines is 1. The van der Waals surface area contributed by atoms with Crippen molar-refractivity contribution in [2.45, 2.75) is 24.9 Å². The van der Waals surface area contributed by atoms with Gasteiger partial charge in [0.2, 0.25) is 5.91 Å². The highest BCUT2D eigenvalue weighted by Crippen LogP contribution is 2.34. The van der Waals surface area contributed by atoms with E-state index in [4.69, 9.17) is 22.8 Å². The lowest BCUT2D eigenvalue weighted by atomic mass is 9.85. The SMILES string of the molecule is C#CC(=O)N(c1cccc(Cl)c1)C1(C(=O)NCc2ccccc2)CCOCC1. The van der Waals surface area contributed by atoms with Gasteiger partial charge in [-0.1, -0.05) is 48.0 Å². The number of halogens is 1. The van der Waals surface area contributed by atoms with Gasteiger partial charge in [-0.05, 0) is 29.7 Å². The summed E-state index contributed by atoms with van der Waals surface area (Å²) in [6, 6.07) is 16.4. The fraction of sp³-hybridized carbons (Fsp3) is 0.273. The maximum Gasteiger partial charge on any atom is 0.303 e. The lowest BCUT2D eigenvalue weighted by Crippen LogP contribution is -2.63. The second-order valence-corrected chi connectivity index (χ2v) is 7.01. The number of hydrogen-bond acceptors (Lipinski definition) is 3. The average Bonchev–Trinajstić information content (AvgIpc) is 2.73. The van der Waals surface area contributed by atoms with Crippen LogP contribution in [0, 0.1) is 12.3 Å². The Morgan fingerprint density at radius 2 is 1.86 bits per heavy atom. The predicted octanol–water partition coefficient (Wildman–Crippen LogP) is 3.17. The van der Waals surface area contributed by atoms with Crippen LogP contribution in [0.25, 0.3) is 0 Å². The van der Waals surface area contributed by atoms with Crippen LogP contribution < -0.4 is 10.2 Å². The maximum atomic E-state index is 13.4. The molecule has 1 aliphatic rings. The average molecular weight is 397 g/mol. The Morgan fingerprint density at radius 3 is 2.50 bits per heavy atom. The highest BCUT2D eigenvalue weighted by atomic mass is 35.5. The Kier molecular flexibility index (Phi) is 6.35. The third-order valence-corrected chi connectivity index (χ3v) is 5.09. The molecule has 144 valence electrons. The molecule has 0 aromatic heterocycles. The van der Waals surface area contributed by atoms with E-state index in [0.717, 1.165) is 5.56 Å². The Morgan fingerprint density at radius 1 is 1.14 bits per heavy atom. The summed E-state index contributed by atoms with van der Waals surface area (Å²) in [7, 11) is 0. The van der Waals surface area contributed by atoms with Crippen molar-refractivity contribution in [3.63, 3.8) is 0 Å². The van der Waals surface area contributed by atoms with E-state index in [1.807, 2.05) is 30.3 Å². The second-order valence-electron chi connectivity index (χ2n) is 6.58. The van der Waals surface area contributed by atoms with Crippen LogP contribution >= 0.6 is 11.6 Å². The summed E-state index contributed by atoms with van der Waals surface area (Å²) in [4.78, 5) is 27.5. The van der Waals surface area contributed by atoms with Gasteiger partial charge in [0.1, 0.15) is 5.54 Å². The third kappa shape index (κ3) is 4.19. The van der Waals surface area contributed by atoms with Gasteiger partial charge < -0.3 is 10.1 Å². The van der Waals surface area contributed by atoms with E-state index in [1.165, 1.54) is 4.90 Å². The van der Waals surface area contributed by atoms with Crippen LogP contribution in [0.3, 0.4) is 0 Å². The highest BCUT2D eigenvalue weighted by Gasteiger charge is 2.48. The van der Waals surface area contributed by atoms with Crippen molar-refractivity contribution in [1.29, 1.82) is 0 Å². The zero-order valence-electron chi connectivity index (χ0n) is 15.4. The van der Waals surface area contributed by atoms with Gasteiger partial charge in [0.05, 0.1) is 0 Å². The molecule has 1 heterocycles. The number of benzene rings is 2. The summed E-state index contributed by atoms with van der Waals surface area (Å²) < 4.78 is 5.47. The van der Waals surface area contributed by atoms with Crippen molar-refractivity contribution in [3.8, 4) is 12.3 Å². The molecule has 0 saturated carbocycles. The fourth-order valence-electron chi connectivity index (χ4n) is 3.44. The maximum absolute atomic E-state index is 13.4. The molecule has 0 unspecified atom stereocenters. The fourth-order valence-corrected chi connectivity index (χ4v) is 3.63. The molecular weight excluding hydrogens is 376 g/mol. The summed E-state index contributed by atoms with van der Waals surface area (Å²) in [5.74, 6) is 1.31. The minimum Gasteiger partial charge on any atom is -0.381 e. The number of rotatable bonds is 5. The monoisotopic (exact) mass is 396 g/mol. The number of carbonyl (C=O) groups is 2. The van der Waals surface area contributed by atoms with Gasteiger partial charge in [-0.15, -0.1) is 6.42 Å². The van der Waals surface area contributed by atoms with Crippen LogP contribution in [0.1, 0.15) is 18.4 Å². The lowest BCUT2D eigenvalue weighted by molar-refractivity contribution is -0.133. The lowest BCUT2D eigenvalue weighted by Gasteiger charge is -2.44. The van der Waals surface area contributed by atoms with Crippen molar-refractivity contribution in [3.05, 3.63) is 65.2 Å². The Hall–Kier alpha value is -2.81. The van der Waals surface area contributed by atoms with E-state index in [-0.39, 0.29) is 5.91 Å². The van der Waals surface area contributed by atoms with E-state index in [1.54, 1.807) is 24.3 Å². The van der Waals surface area contributed by atoms with Crippen LogP contribution in [0.2, 0.25) is 5.02 Å². The van der Waals surface area contributed by atoms with Crippen LogP contribution in [-0.4, -0.2) is 30.6 Å². The van der Waals surface area contributed by atoms with Gasteiger partial charge in [0.25, 0.3) is 0 Å². The van der Waals surface area contributed by atoms with Gasteiger partial charge in [-0.2, -0.15) is 0 Å². The summed E-state index contributed by atoms with van der Waals surface area (Å²) in [6.45, 7) is 1.07. The van der Waals surface area contributed by atoms with Gasteiger partial charge in [0.15, 0.2) is 0 Å². The zero-order valence-corrected chi connectivity index (χ0v) is 16.1. The first-order chi connectivity index (χ1) is 13.6. The minimum absolute atomic E-state index is 0.261. The van der Waals surface area contributed by atoms with E-state index in [0.29, 0.717) is 43.3 Å². The first-order valence-electron chi connectivity index (χ1n) is 9.03. The van der Waals surface area contributed by atoms with Gasteiger partial charge >= 0.3 is 5.91 Å². The molecule has 0 aliphatic carbocycles. The molecule has 0 radical (unpaired) electrons. The largest absolute Gasteiger partial charge is 0.381 e. The predicted molar refractivity (Wildman–Crippen MR) is 109 cm³/mol. The molecule has 2 aromatic rings. The first kappa shape index (κ1) is 19.9. The molecule has 3 rings (SSSR count). The standard InChI is InChI=1S/C22H21ClN2O3/c1-2-20(26)25(19-10-6-9-18(23)15-19)22(11-13-28-14-12-22)21(27)24-16-17-7-4-3-5-8-17/h1,3-10,15H,11-14,16H2,(H,24,27). The molecule has 0 atom stereocenters. The van der Waals surface area contributed by atoms with Crippen LogP contribution in [0.5, 0.6) is 0 Å². The normalized spacial score (nSPS) is 15.3. The molecule has 6 heteroatoms. The number of nitrogens with zero attached hydrogens (tertiary/aromatic N) is 1. The van der Waals surface area contributed by atoms with E-state index < -0.39 is 11.4 Å². The first-order valence-corrected chi connectivity index (χ1v) is 9.41. The molecule has 0 bridgehead atoms. The number of hydrogen-bond donors (Lipinski definition) is 1. The number of carbonyl (C=O) groups excluding carboxylic acids is 2. The van der Waals surface area contributed by atoms with Crippen molar-refractivity contribution in [2.75, 3.05) is 18.1 Å². The number of ether oxygens (including phenoxy) is 1. The molecule has 0 spiro atoms. The molecule has 5 nitrogen and oxygen atoms in total. The molecular formula is C22H21ClN2O3. The van der Waals surface area contributed by atoms with Gasteiger partial charge in [-0.3, -0.25) is 14.5 Å². The topological polar surface area (TPSA) is 58.6 Å². The summed E-state index contributed by atoms with van der Waals surface area (Å²) in [5.41, 5.74) is 0.323. The summed E-state index contributed by atoms with van der Waals surface area (Å²) in [5, 5.41) is 3.42. The van der Waals surface area contributed by atoms with Crippen molar-refractivity contribution in [2.24, 2.45) is 0 Å². The molecule has 1 N–H and O–H groups in total. The molecule has 1 aliphatic heterocycles. The third-order valence-electron chi connectivity index (χ3n) is 4.86. The van der Waals surface area contributed by atoms with Crippen LogP contribution in [0.4, 0.5) is 5.69 Å². The molecule has 1 fully saturated rings. The summed E-state index contributed by atoms with van der Waals surface area (Å²) >= 11 is 6.13. The molecule has 2 amide bonds. The number of nitrogens with one attached hydrogen (secondary N) is 1. The zero-order chi connectivity index (χ0) is 20.0. The van der Waals surface area contributed by atoms with Crippen molar-refractivity contribution in [1.82, 2.24) is 5.32 Å².